The van der Waals surface area contributed by atoms with E-state index in [-0.39, 0.29) is 11.7 Å². The van der Waals surface area contributed by atoms with Crippen LogP contribution in [0.2, 0.25) is 0 Å². The molecular formula is C19H19NO4. The van der Waals surface area contributed by atoms with E-state index in [0.29, 0.717) is 41.3 Å². The Kier molecular flexibility index (Phi) is 4.25. The molecule has 0 N–H and O–H groups in total. The first-order valence-electron chi connectivity index (χ1n) is 7.73. The summed E-state index contributed by atoms with van der Waals surface area (Å²) in [5, 5.41) is 0. The summed E-state index contributed by atoms with van der Waals surface area (Å²) in [5.74, 6) is 1.00. The van der Waals surface area contributed by atoms with Crippen LogP contribution in [0.3, 0.4) is 0 Å². The van der Waals surface area contributed by atoms with Crippen molar-refractivity contribution in [3.8, 4) is 11.5 Å². The highest BCUT2D eigenvalue weighted by Gasteiger charge is 2.29. The minimum atomic E-state index is -0.171. The molecule has 0 bridgehead atoms. The molecular weight excluding hydrogens is 306 g/mol. The van der Waals surface area contributed by atoms with Crippen LogP contribution in [0.15, 0.2) is 36.4 Å². The Morgan fingerprint density at radius 2 is 1.75 bits per heavy atom. The largest absolute Gasteiger partial charge is 0.497 e. The van der Waals surface area contributed by atoms with E-state index in [1.807, 2.05) is 19.1 Å². The zero-order valence-corrected chi connectivity index (χ0v) is 14.0. The maximum absolute atomic E-state index is 13.1. The van der Waals surface area contributed by atoms with Crippen LogP contribution < -0.4 is 14.4 Å². The number of benzene rings is 2. The summed E-state index contributed by atoms with van der Waals surface area (Å²) in [7, 11) is 3.09. The molecule has 5 nitrogen and oxygen atoms in total. The van der Waals surface area contributed by atoms with Gasteiger partial charge in [-0.3, -0.25) is 9.59 Å². The maximum Gasteiger partial charge on any atom is 0.258 e. The highest BCUT2D eigenvalue weighted by molar-refractivity contribution is 6.14. The van der Waals surface area contributed by atoms with Crippen LogP contribution in [0.1, 0.15) is 32.7 Å². The van der Waals surface area contributed by atoms with Gasteiger partial charge in [0.25, 0.3) is 5.91 Å². The summed E-state index contributed by atoms with van der Waals surface area (Å²) in [6.45, 7) is 2.28. The Labute approximate surface area is 140 Å². The number of methoxy groups -OCH3 is 2. The van der Waals surface area contributed by atoms with Crippen LogP contribution in [0.4, 0.5) is 5.69 Å². The summed E-state index contributed by atoms with van der Waals surface area (Å²) in [5.41, 5.74) is 2.67. The molecule has 3 rings (SSSR count). The summed E-state index contributed by atoms with van der Waals surface area (Å²) >= 11 is 0. The number of ketones is 1. The molecule has 0 atom stereocenters. The Balaban J connectivity index is 2.06. The molecule has 0 aromatic heterocycles. The third kappa shape index (κ3) is 2.73. The first-order chi connectivity index (χ1) is 11.5. The van der Waals surface area contributed by atoms with Crippen molar-refractivity contribution < 1.29 is 19.1 Å². The number of carbonyl (C=O) groups is 2. The Bertz CT molecular complexity index is 791. The Morgan fingerprint density at radius 1 is 1.08 bits per heavy atom. The minimum absolute atomic E-state index is 0.0703. The summed E-state index contributed by atoms with van der Waals surface area (Å²) in [6, 6.07) is 10.6. The highest BCUT2D eigenvalue weighted by atomic mass is 16.5. The fourth-order valence-corrected chi connectivity index (χ4v) is 2.99. The topological polar surface area (TPSA) is 55.8 Å². The molecule has 1 amide bonds. The number of para-hydroxylation sites is 1. The lowest BCUT2D eigenvalue weighted by atomic mass is 9.96. The van der Waals surface area contributed by atoms with Crippen LogP contribution in [0.5, 0.6) is 11.5 Å². The third-order valence-electron chi connectivity index (χ3n) is 4.21. The number of hydrogen-bond donors (Lipinski definition) is 0. The lowest BCUT2D eigenvalue weighted by Crippen LogP contribution is -2.38. The molecule has 0 fully saturated rings. The predicted molar refractivity (Wildman–Crippen MR) is 91.3 cm³/mol. The van der Waals surface area contributed by atoms with Gasteiger partial charge < -0.3 is 14.4 Å². The van der Waals surface area contributed by atoms with E-state index in [1.54, 1.807) is 43.4 Å². The quantitative estimate of drug-likeness (QED) is 0.869. The lowest BCUT2D eigenvalue weighted by Gasteiger charge is -2.30. The average Bonchev–Trinajstić information content (AvgIpc) is 2.61. The van der Waals surface area contributed by atoms with Crippen LogP contribution in [-0.2, 0) is 0 Å². The second-order valence-corrected chi connectivity index (χ2v) is 5.70. The molecule has 5 heteroatoms. The Hall–Kier alpha value is -2.82. The van der Waals surface area contributed by atoms with Crippen molar-refractivity contribution in [2.45, 2.75) is 13.3 Å². The third-order valence-corrected chi connectivity index (χ3v) is 4.21. The average molecular weight is 325 g/mol. The second-order valence-electron chi connectivity index (χ2n) is 5.70. The van der Waals surface area contributed by atoms with Crippen LogP contribution >= 0.6 is 0 Å². The molecule has 24 heavy (non-hydrogen) atoms. The fourth-order valence-electron chi connectivity index (χ4n) is 2.99. The first kappa shape index (κ1) is 16.1. The smallest absolute Gasteiger partial charge is 0.258 e. The minimum Gasteiger partial charge on any atom is -0.497 e. The van der Waals surface area contributed by atoms with Crippen molar-refractivity contribution >= 4 is 17.4 Å². The number of ether oxygens (including phenoxy) is 2. The predicted octanol–water partition coefficient (Wildman–Crippen LogP) is 3.25. The fraction of sp³-hybridized carbons (Fsp3) is 0.263. The van der Waals surface area contributed by atoms with Gasteiger partial charge in [0.2, 0.25) is 0 Å². The molecule has 0 spiro atoms. The monoisotopic (exact) mass is 325 g/mol. The zero-order valence-electron chi connectivity index (χ0n) is 14.0. The number of hydrogen-bond acceptors (Lipinski definition) is 4. The lowest BCUT2D eigenvalue weighted by molar-refractivity contribution is 0.0954. The van der Waals surface area contributed by atoms with Crippen molar-refractivity contribution in [2.75, 3.05) is 25.7 Å². The van der Waals surface area contributed by atoms with Crippen molar-refractivity contribution in [1.82, 2.24) is 0 Å². The summed E-state index contributed by atoms with van der Waals surface area (Å²) in [6.07, 6.45) is 0.323. The van der Waals surface area contributed by atoms with Gasteiger partial charge in [-0.2, -0.15) is 0 Å². The van der Waals surface area contributed by atoms with E-state index in [1.165, 1.54) is 0 Å². The van der Waals surface area contributed by atoms with Crippen LogP contribution in [0, 0.1) is 6.92 Å². The van der Waals surface area contributed by atoms with Gasteiger partial charge in [0.1, 0.15) is 11.5 Å². The molecule has 0 unspecified atom stereocenters. The van der Waals surface area contributed by atoms with E-state index in [0.717, 1.165) is 5.56 Å². The van der Waals surface area contributed by atoms with Crippen LogP contribution in [0.25, 0.3) is 0 Å². The van der Waals surface area contributed by atoms with E-state index >= 15 is 0 Å². The number of fused-ring (bicyclic) bond motifs is 1. The normalized spacial score (nSPS) is 13.5. The summed E-state index contributed by atoms with van der Waals surface area (Å²) in [4.78, 5) is 26.9. The molecule has 0 saturated carbocycles. The van der Waals surface area contributed by atoms with Gasteiger partial charge in [-0.1, -0.05) is 12.1 Å². The number of Topliss-reactive ketones (excluding diaryl/α,β-unsaturated/α-hetero) is 1. The van der Waals surface area contributed by atoms with Gasteiger partial charge in [0, 0.05) is 30.2 Å². The molecule has 2 aromatic rings. The van der Waals surface area contributed by atoms with E-state index < -0.39 is 0 Å². The standard InChI is InChI=1S/C19H19NO4/c1-12-5-4-6-16-17(21)7-8-20(18(12)16)19(22)13-9-14(23-2)11-15(10-13)24-3/h4-6,9-11H,7-8H2,1-3H3. The van der Waals surface area contributed by atoms with Gasteiger partial charge in [0.15, 0.2) is 5.78 Å². The number of nitrogens with zero attached hydrogens (tertiary/aromatic N) is 1. The van der Waals surface area contributed by atoms with Crippen LogP contribution in [-0.4, -0.2) is 32.5 Å². The second kappa shape index (κ2) is 6.35. The van der Waals surface area contributed by atoms with Crippen molar-refractivity contribution in [3.05, 3.63) is 53.1 Å². The Morgan fingerprint density at radius 3 is 2.38 bits per heavy atom. The SMILES string of the molecule is COc1cc(OC)cc(C(=O)N2CCC(=O)c3cccc(C)c32)c1. The van der Waals surface area contributed by atoms with Crippen molar-refractivity contribution in [1.29, 1.82) is 0 Å². The summed E-state index contributed by atoms with van der Waals surface area (Å²) < 4.78 is 10.5. The van der Waals surface area contributed by atoms with Crippen molar-refractivity contribution in [2.24, 2.45) is 0 Å². The molecule has 0 aliphatic carbocycles. The molecule has 2 aromatic carbocycles. The molecule has 1 aliphatic rings. The van der Waals surface area contributed by atoms with Gasteiger partial charge in [0.05, 0.1) is 19.9 Å². The molecule has 1 aliphatic heterocycles. The van der Waals surface area contributed by atoms with E-state index in [2.05, 4.69) is 0 Å². The number of aryl methyl sites for hydroxylation is 1. The van der Waals surface area contributed by atoms with E-state index in [9.17, 15) is 9.59 Å². The van der Waals surface area contributed by atoms with Gasteiger partial charge in [-0.05, 0) is 30.7 Å². The number of amides is 1. The zero-order chi connectivity index (χ0) is 17.3. The number of rotatable bonds is 3. The number of anilines is 1. The highest BCUT2D eigenvalue weighted by Crippen LogP contribution is 2.33. The van der Waals surface area contributed by atoms with Gasteiger partial charge in [-0.25, -0.2) is 0 Å². The molecule has 0 radical (unpaired) electrons. The van der Waals surface area contributed by atoms with Gasteiger partial charge in [-0.15, -0.1) is 0 Å². The number of carbonyl (C=O) groups excluding carboxylic acids is 2. The van der Waals surface area contributed by atoms with Gasteiger partial charge >= 0.3 is 0 Å². The van der Waals surface area contributed by atoms with E-state index in [4.69, 9.17) is 9.47 Å². The first-order valence-corrected chi connectivity index (χ1v) is 7.73. The molecule has 1 heterocycles. The molecule has 124 valence electrons. The maximum atomic E-state index is 13.1. The molecule has 0 saturated heterocycles. The van der Waals surface area contributed by atoms with Crippen molar-refractivity contribution in [3.63, 3.8) is 0 Å².